The highest BCUT2D eigenvalue weighted by molar-refractivity contribution is 6.02. The van der Waals surface area contributed by atoms with Crippen molar-refractivity contribution in [1.82, 2.24) is 15.2 Å². The van der Waals surface area contributed by atoms with Crippen molar-refractivity contribution in [2.24, 2.45) is 0 Å². The summed E-state index contributed by atoms with van der Waals surface area (Å²) in [6.07, 6.45) is 4.26. The molecular weight excluding hydrogens is 250 g/mol. The van der Waals surface area contributed by atoms with Crippen molar-refractivity contribution in [1.29, 1.82) is 0 Å². The Kier molecular flexibility index (Phi) is 3.30. The van der Waals surface area contributed by atoms with Gasteiger partial charge in [-0.1, -0.05) is 13.0 Å². The Morgan fingerprint density at radius 2 is 2.25 bits per heavy atom. The number of hydrogen-bond donors (Lipinski definition) is 0. The molecule has 0 radical (unpaired) electrons. The molecule has 1 aliphatic carbocycles. The zero-order valence-corrected chi connectivity index (χ0v) is 11.8. The normalized spacial score (nSPS) is 17.0. The highest BCUT2D eigenvalue weighted by atomic mass is 16.1. The Bertz CT molecular complexity index is 667. The van der Waals surface area contributed by atoms with E-state index in [0.29, 0.717) is 5.56 Å². The summed E-state index contributed by atoms with van der Waals surface area (Å²) in [7, 11) is 0. The molecule has 0 spiro atoms. The first-order chi connectivity index (χ1) is 9.70. The molecule has 0 fully saturated rings. The van der Waals surface area contributed by atoms with Gasteiger partial charge in [-0.05, 0) is 43.9 Å². The molecule has 1 unspecified atom stereocenters. The van der Waals surface area contributed by atoms with Crippen LogP contribution in [0.5, 0.6) is 0 Å². The second-order valence-electron chi connectivity index (χ2n) is 5.20. The lowest BCUT2D eigenvalue weighted by molar-refractivity contribution is 0.0956. The molecule has 0 saturated heterocycles. The van der Waals surface area contributed by atoms with Crippen molar-refractivity contribution >= 4 is 5.78 Å². The average Bonchev–Trinajstić information content (AvgIpc) is 2.90. The summed E-state index contributed by atoms with van der Waals surface area (Å²) < 4.78 is 0. The molecule has 102 valence electrons. The maximum absolute atomic E-state index is 12.8. The number of fused-ring (bicyclic) bond motifs is 1. The summed E-state index contributed by atoms with van der Waals surface area (Å²) in [5, 5.41) is 8.20. The van der Waals surface area contributed by atoms with Crippen LogP contribution in [0.3, 0.4) is 0 Å². The molecule has 20 heavy (non-hydrogen) atoms. The summed E-state index contributed by atoms with van der Waals surface area (Å²) in [4.78, 5) is 17.2. The number of Topliss-reactive ketones (excluding diaryl/α,β-unsaturated/α-hetero) is 1. The first-order valence-electron chi connectivity index (χ1n) is 7.02. The van der Waals surface area contributed by atoms with E-state index in [9.17, 15) is 4.79 Å². The first-order valence-corrected chi connectivity index (χ1v) is 7.02. The molecule has 1 atom stereocenters. The molecule has 0 aromatic carbocycles. The van der Waals surface area contributed by atoms with Crippen LogP contribution in [-0.4, -0.2) is 21.0 Å². The molecule has 0 saturated carbocycles. The minimum atomic E-state index is -0.125. The molecule has 4 heteroatoms. The molecule has 4 nitrogen and oxygen atoms in total. The van der Waals surface area contributed by atoms with Gasteiger partial charge in [0.25, 0.3) is 0 Å². The number of aryl methyl sites for hydroxylation is 3. The van der Waals surface area contributed by atoms with Gasteiger partial charge in [-0.25, -0.2) is 0 Å². The molecule has 2 heterocycles. The van der Waals surface area contributed by atoms with Crippen molar-refractivity contribution in [3.8, 4) is 0 Å². The Hall–Kier alpha value is -2.10. The van der Waals surface area contributed by atoms with Crippen LogP contribution in [0, 0.1) is 6.92 Å². The van der Waals surface area contributed by atoms with Gasteiger partial charge in [0.2, 0.25) is 0 Å². The van der Waals surface area contributed by atoms with E-state index >= 15 is 0 Å². The predicted octanol–water partition coefficient (Wildman–Crippen LogP) is 2.66. The molecule has 0 bridgehead atoms. The molecule has 2 aromatic rings. The third kappa shape index (κ3) is 2.11. The van der Waals surface area contributed by atoms with Gasteiger partial charge >= 0.3 is 0 Å². The fourth-order valence-corrected chi connectivity index (χ4v) is 2.84. The fraction of sp³-hybridized carbons (Fsp3) is 0.375. The SMILES string of the molecule is CCc1nnc(C)cc1C(=O)C1CCc2cccnc21. The molecule has 3 rings (SSSR count). The molecule has 0 amide bonds. The van der Waals surface area contributed by atoms with E-state index in [0.717, 1.165) is 36.3 Å². The smallest absolute Gasteiger partial charge is 0.173 e. The van der Waals surface area contributed by atoms with Gasteiger partial charge < -0.3 is 0 Å². The second-order valence-corrected chi connectivity index (χ2v) is 5.20. The van der Waals surface area contributed by atoms with Crippen LogP contribution < -0.4 is 0 Å². The lowest BCUT2D eigenvalue weighted by Crippen LogP contribution is -2.15. The second kappa shape index (κ2) is 5.12. The van der Waals surface area contributed by atoms with E-state index < -0.39 is 0 Å². The topological polar surface area (TPSA) is 55.7 Å². The number of rotatable bonds is 3. The van der Waals surface area contributed by atoms with Gasteiger partial charge in [0.15, 0.2) is 5.78 Å². The fourth-order valence-electron chi connectivity index (χ4n) is 2.84. The van der Waals surface area contributed by atoms with Crippen molar-refractivity contribution in [2.75, 3.05) is 0 Å². The average molecular weight is 267 g/mol. The first kappa shape index (κ1) is 12.9. The van der Waals surface area contributed by atoms with E-state index in [1.807, 2.05) is 26.0 Å². The molecule has 0 N–H and O–H groups in total. The van der Waals surface area contributed by atoms with Gasteiger partial charge in [0, 0.05) is 11.8 Å². The largest absolute Gasteiger partial charge is 0.293 e. The number of aromatic nitrogens is 3. The Morgan fingerprint density at radius 1 is 1.40 bits per heavy atom. The molecular formula is C16H17N3O. The zero-order chi connectivity index (χ0) is 14.1. The summed E-state index contributed by atoms with van der Waals surface area (Å²) in [6, 6.07) is 5.85. The Labute approximate surface area is 118 Å². The third-order valence-corrected chi connectivity index (χ3v) is 3.87. The van der Waals surface area contributed by atoms with Crippen LogP contribution in [-0.2, 0) is 12.8 Å². The minimum absolute atomic E-state index is 0.125. The third-order valence-electron chi connectivity index (χ3n) is 3.87. The van der Waals surface area contributed by atoms with E-state index in [1.54, 1.807) is 6.20 Å². The van der Waals surface area contributed by atoms with Crippen LogP contribution in [0.25, 0.3) is 0 Å². The summed E-state index contributed by atoms with van der Waals surface area (Å²) in [5.74, 6) is 0.0115. The quantitative estimate of drug-likeness (QED) is 0.802. The molecule has 0 aliphatic heterocycles. The van der Waals surface area contributed by atoms with Crippen LogP contribution >= 0.6 is 0 Å². The standard InChI is InChI=1S/C16H17N3O/c1-3-14-13(9-10(2)18-19-14)16(20)12-7-6-11-5-4-8-17-15(11)12/h4-5,8-9,12H,3,6-7H2,1-2H3. The van der Waals surface area contributed by atoms with Crippen LogP contribution in [0.15, 0.2) is 24.4 Å². The molecule has 1 aliphatic rings. The van der Waals surface area contributed by atoms with Crippen LogP contribution in [0.2, 0.25) is 0 Å². The van der Waals surface area contributed by atoms with E-state index in [2.05, 4.69) is 21.2 Å². The van der Waals surface area contributed by atoms with E-state index in [1.165, 1.54) is 5.56 Å². The van der Waals surface area contributed by atoms with Crippen molar-refractivity contribution < 1.29 is 4.79 Å². The number of carbonyl (C=O) groups excluding carboxylic acids is 1. The lowest BCUT2D eigenvalue weighted by Gasteiger charge is -2.12. The van der Waals surface area contributed by atoms with Crippen LogP contribution in [0.4, 0.5) is 0 Å². The maximum atomic E-state index is 12.8. The Balaban J connectivity index is 2.00. The molecule has 2 aromatic heterocycles. The predicted molar refractivity (Wildman–Crippen MR) is 75.8 cm³/mol. The van der Waals surface area contributed by atoms with Crippen LogP contribution in [0.1, 0.15) is 52.3 Å². The van der Waals surface area contributed by atoms with Gasteiger partial charge in [0.1, 0.15) is 0 Å². The van der Waals surface area contributed by atoms with Crippen molar-refractivity contribution in [3.63, 3.8) is 0 Å². The highest BCUT2D eigenvalue weighted by Crippen LogP contribution is 2.34. The number of pyridine rings is 1. The van der Waals surface area contributed by atoms with Gasteiger partial charge in [0.05, 0.1) is 23.0 Å². The highest BCUT2D eigenvalue weighted by Gasteiger charge is 2.31. The summed E-state index contributed by atoms with van der Waals surface area (Å²) in [6.45, 7) is 3.86. The summed E-state index contributed by atoms with van der Waals surface area (Å²) >= 11 is 0. The van der Waals surface area contributed by atoms with E-state index in [-0.39, 0.29) is 11.7 Å². The Morgan fingerprint density at radius 3 is 3.05 bits per heavy atom. The number of hydrogen-bond acceptors (Lipinski definition) is 4. The summed E-state index contributed by atoms with van der Waals surface area (Å²) in [5.41, 5.74) is 4.41. The monoisotopic (exact) mass is 267 g/mol. The van der Waals surface area contributed by atoms with Gasteiger partial charge in [-0.3, -0.25) is 9.78 Å². The number of nitrogens with zero attached hydrogens (tertiary/aromatic N) is 3. The van der Waals surface area contributed by atoms with E-state index in [4.69, 9.17) is 0 Å². The number of ketones is 1. The zero-order valence-electron chi connectivity index (χ0n) is 11.8. The number of carbonyl (C=O) groups is 1. The van der Waals surface area contributed by atoms with Crippen molar-refractivity contribution in [3.05, 3.63) is 52.6 Å². The maximum Gasteiger partial charge on any atom is 0.173 e. The van der Waals surface area contributed by atoms with Crippen molar-refractivity contribution in [2.45, 2.75) is 39.0 Å². The van der Waals surface area contributed by atoms with Gasteiger partial charge in [-0.15, -0.1) is 0 Å². The minimum Gasteiger partial charge on any atom is -0.293 e. The lowest BCUT2D eigenvalue weighted by atomic mass is 9.93. The van der Waals surface area contributed by atoms with Gasteiger partial charge in [-0.2, -0.15) is 10.2 Å².